The van der Waals surface area contributed by atoms with Crippen molar-refractivity contribution < 1.29 is 0 Å². The Morgan fingerprint density at radius 3 is 2.57 bits per heavy atom. The van der Waals surface area contributed by atoms with Gasteiger partial charge in [0.1, 0.15) is 10.4 Å². The first-order valence-corrected chi connectivity index (χ1v) is 5.41. The predicted molar refractivity (Wildman–Crippen MR) is 62.4 cm³/mol. The molecule has 0 saturated heterocycles. The molecular formula is C10H16BrN3. The van der Waals surface area contributed by atoms with E-state index in [-0.39, 0.29) is 5.41 Å². The number of rotatable bonds is 2. The van der Waals surface area contributed by atoms with Gasteiger partial charge in [0.15, 0.2) is 0 Å². The van der Waals surface area contributed by atoms with Crippen LogP contribution in [0.15, 0.2) is 10.8 Å². The minimum atomic E-state index is 0.251. The van der Waals surface area contributed by atoms with Crippen molar-refractivity contribution in [2.45, 2.75) is 27.7 Å². The van der Waals surface area contributed by atoms with Gasteiger partial charge in [0.25, 0.3) is 0 Å². The lowest BCUT2D eigenvalue weighted by atomic mass is 9.97. The van der Waals surface area contributed by atoms with Gasteiger partial charge in [-0.05, 0) is 28.3 Å². The SMILES string of the molecule is Cc1nc(Br)cnc1NCC(C)(C)C. The summed E-state index contributed by atoms with van der Waals surface area (Å²) in [6, 6.07) is 0. The molecule has 0 radical (unpaired) electrons. The van der Waals surface area contributed by atoms with Crippen LogP contribution >= 0.6 is 15.9 Å². The van der Waals surface area contributed by atoms with Gasteiger partial charge >= 0.3 is 0 Å². The average molecular weight is 258 g/mol. The molecule has 0 spiro atoms. The van der Waals surface area contributed by atoms with Crippen molar-refractivity contribution in [2.75, 3.05) is 11.9 Å². The number of aromatic nitrogens is 2. The molecule has 0 aliphatic carbocycles. The molecule has 4 heteroatoms. The number of nitrogens with zero attached hydrogens (tertiary/aromatic N) is 2. The highest BCUT2D eigenvalue weighted by Crippen LogP contribution is 2.16. The van der Waals surface area contributed by atoms with Gasteiger partial charge in [0.2, 0.25) is 0 Å². The van der Waals surface area contributed by atoms with E-state index in [0.29, 0.717) is 0 Å². The zero-order chi connectivity index (χ0) is 10.8. The van der Waals surface area contributed by atoms with Gasteiger partial charge in [-0.25, -0.2) is 9.97 Å². The monoisotopic (exact) mass is 257 g/mol. The number of anilines is 1. The molecule has 0 unspecified atom stereocenters. The summed E-state index contributed by atoms with van der Waals surface area (Å²) in [5.74, 6) is 0.864. The molecule has 78 valence electrons. The van der Waals surface area contributed by atoms with Crippen LogP contribution in [0.5, 0.6) is 0 Å². The van der Waals surface area contributed by atoms with Crippen LogP contribution in [0.4, 0.5) is 5.82 Å². The van der Waals surface area contributed by atoms with Crippen molar-refractivity contribution >= 4 is 21.7 Å². The van der Waals surface area contributed by atoms with E-state index in [1.54, 1.807) is 6.20 Å². The van der Waals surface area contributed by atoms with Gasteiger partial charge in [-0.15, -0.1) is 0 Å². The summed E-state index contributed by atoms with van der Waals surface area (Å²) in [6.45, 7) is 9.39. The van der Waals surface area contributed by atoms with Gasteiger partial charge in [-0.1, -0.05) is 20.8 Å². The molecule has 0 aliphatic rings. The Morgan fingerprint density at radius 1 is 1.43 bits per heavy atom. The minimum absolute atomic E-state index is 0.251. The second-order valence-electron chi connectivity index (χ2n) is 4.54. The lowest BCUT2D eigenvalue weighted by Crippen LogP contribution is -2.20. The molecular weight excluding hydrogens is 242 g/mol. The van der Waals surface area contributed by atoms with Crippen LogP contribution in [0.25, 0.3) is 0 Å². The Labute approximate surface area is 93.5 Å². The fourth-order valence-corrected chi connectivity index (χ4v) is 1.34. The zero-order valence-electron chi connectivity index (χ0n) is 9.06. The summed E-state index contributed by atoms with van der Waals surface area (Å²) in [5, 5.41) is 3.29. The molecule has 0 amide bonds. The predicted octanol–water partition coefficient (Wildman–Crippen LogP) is 3.01. The highest BCUT2D eigenvalue weighted by molar-refractivity contribution is 9.10. The summed E-state index contributed by atoms with van der Waals surface area (Å²) in [4.78, 5) is 8.53. The van der Waals surface area contributed by atoms with Gasteiger partial charge in [0, 0.05) is 6.54 Å². The minimum Gasteiger partial charge on any atom is -0.368 e. The third-order valence-corrected chi connectivity index (χ3v) is 2.09. The maximum Gasteiger partial charge on any atom is 0.147 e. The topological polar surface area (TPSA) is 37.8 Å². The lowest BCUT2D eigenvalue weighted by Gasteiger charge is -2.19. The first-order chi connectivity index (χ1) is 6.38. The molecule has 0 aromatic carbocycles. The summed E-state index contributed by atoms with van der Waals surface area (Å²) < 4.78 is 0.774. The maximum atomic E-state index is 4.27. The summed E-state index contributed by atoms with van der Waals surface area (Å²) in [5.41, 5.74) is 1.17. The van der Waals surface area contributed by atoms with E-state index in [1.807, 2.05) is 6.92 Å². The Morgan fingerprint density at radius 2 is 2.07 bits per heavy atom. The van der Waals surface area contributed by atoms with E-state index in [2.05, 4.69) is 52.0 Å². The maximum absolute atomic E-state index is 4.27. The van der Waals surface area contributed by atoms with Crippen LogP contribution in [0.3, 0.4) is 0 Å². The quantitative estimate of drug-likeness (QED) is 0.886. The molecule has 3 nitrogen and oxygen atoms in total. The van der Waals surface area contributed by atoms with Crippen molar-refractivity contribution in [3.05, 3.63) is 16.5 Å². The first-order valence-electron chi connectivity index (χ1n) is 4.61. The second kappa shape index (κ2) is 4.26. The Hall–Kier alpha value is -0.640. The molecule has 0 saturated carbocycles. The highest BCUT2D eigenvalue weighted by Gasteiger charge is 2.11. The molecule has 14 heavy (non-hydrogen) atoms. The largest absolute Gasteiger partial charge is 0.368 e. The molecule has 1 aromatic heterocycles. The van der Waals surface area contributed by atoms with Crippen LogP contribution in [-0.4, -0.2) is 16.5 Å². The van der Waals surface area contributed by atoms with E-state index in [0.717, 1.165) is 22.7 Å². The molecule has 0 bridgehead atoms. The Bertz CT molecular complexity index is 318. The standard InChI is InChI=1S/C10H16BrN3/c1-7-9(12-5-8(11)14-7)13-6-10(2,3)4/h5H,6H2,1-4H3,(H,12,13). The van der Waals surface area contributed by atoms with Crippen molar-refractivity contribution in [1.82, 2.24) is 9.97 Å². The van der Waals surface area contributed by atoms with Crippen molar-refractivity contribution in [3.63, 3.8) is 0 Å². The third-order valence-electron chi connectivity index (χ3n) is 1.70. The van der Waals surface area contributed by atoms with Crippen molar-refractivity contribution in [1.29, 1.82) is 0 Å². The van der Waals surface area contributed by atoms with Gasteiger partial charge in [-0.3, -0.25) is 0 Å². The van der Waals surface area contributed by atoms with E-state index >= 15 is 0 Å². The normalized spacial score (nSPS) is 11.5. The summed E-state index contributed by atoms with van der Waals surface area (Å²) in [7, 11) is 0. The van der Waals surface area contributed by atoms with E-state index < -0.39 is 0 Å². The molecule has 1 heterocycles. The number of hydrogen-bond donors (Lipinski definition) is 1. The van der Waals surface area contributed by atoms with E-state index in [4.69, 9.17) is 0 Å². The number of aryl methyl sites for hydroxylation is 1. The molecule has 0 aliphatic heterocycles. The van der Waals surface area contributed by atoms with Gasteiger partial charge in [-0.2, -0.15) is 0 Å². The van der Waals surface area contributed by atoms with E-state index in [9.17, 15) is 0 Å². The second-order valence-corrected chi connectivity index (χ2v) is 5.35. The van der Waals surface area contributed by atoms with Crippen LogP contribution in [0, 0.1) is 12.3 Å². The lowest BCUT2D eigenvalue weighted by molar-refractivity contribution is 0.442. The molecule has 0 atom stereocenters. The van der Waals surface area contributed by atoms with Gasteiger partial charge < -0.3 is 5.32 Å². The molecule has 1 rings (SSSR count). The zero-order valence-corrected chi connectivity index (χ0v) is 10.6. The summed E-state index contributed by atoms with van der Waals surface area (Å²) >= 11 is 3.29. The van der Waals surface area contributed by atoms with E-state index in [1.165, 1.54) is 0 Å². The van der Waals surface area contributed by atoms with Gasteiger partial charge in [0.05, 0.1) is 11.9 Å². The number of halogens is 1. The van der Waals surface area contributed by atoms with Crippen molar-refractivity contribution in [3.8, 4) is 0 Å². The van der Waals surface area contributed by atoms with Crippen LogP contribution in [0.1, 0.15) is 26.5 Å². The van der Waals surface area contributed by atoms with Crippen molar-refractivity contribution in [2.24, 2.45) is 5.41 Å². The first kappa shape index (κ1) is 11.4. The average Bonchev–Trinajstić information content (AvgIpc) is 2.00. The van der Waals surface area contributed by atoms with Crippen LogP contribution in [-0.2, 0) is 0 Å². The molecule has 1 N–H and O–H groups in total. The smallest absolute Gasteiger partial charge is 0.147 e. The molecule has 1 aromatic rings. The Kier molecular flexibility index (Phi) is 3.48. The highest BCUT2D eigenvalue weighted by atomic mass is 79.9. The number of hydrogen-bond acceptors (Lipinski definition) is 3. The molecule has 0 fully saturated rings. The summed E-state index contributed by atoms with van der Waals surface area (Å²) in [6.07, 6.45) is 1.71. The number of nitrogens with one attached hydrogen (secondary N) is 1. The van der Waals surface area contributed by atoms with Crippen LogP contribution in [0.2, 0.25) is 0 Å². The fourth-order valence-electron chi connectivity index (χ4n) is 0.976. The Balaban J connectivity index is 2.68. The third kappa shape index (κ3) is 3.62. The fraction of sp³-hybridized carbons (Fsp3) is 0.600. The van der Waals surface area contributed by atoms with Crippen LogP contribution < -0.4 is 5.32 Å².